The highest BCUT2D eigenvalue weighted by atomic mass is 32.2. The summed E-state index contributed by atoms with van der Waals surface area (Å²) in [5.41, 5.74) is 3.51. The van der Waals surface area contributed by atoms with Gasteiger partial charge in [-0.2, -0.15) is 0 Å². The summed E-state index contributed by atoms with van der Waals surface area (Å²) in [7, 11) is -1.47. The van der Waals surface area contributed by atoms with Crippen molar-refractivity contribution in [2.45, 2.75) is 6.54 Å². The molecule has 2 heterocycles. The van der Waals surface area contributed by atoms with Crippen molar-refractivity contribution in [3.63, 3.8) is 0 Å². The zero-order valence-electron chi connectivity index (χ0n) is 18.9. The fourth-order valence-electron chi connectivity index (χ4n) is 4.81. The minimum Gasteiger partial charge on any atom is -0.304 e. The Balaban J connectivity index is 1.72. The van der Waals surface area contributed by atoms with Gasteiger partial charge in [0.1, 0.15) is 0 Å². The lowest BCUT2D eigenvalue weighted by atomic mass is 10.0. The number of hydrogen-bond donors (Lipinski definition) is 0. The Labute approximate surface area is 195 Å². The van der Waals surface area contributed by atoms with E-state index in [1.165, 1.54) is 10.0 Å². The molecule has 0 amide bonds. The van der Waals surface area contributed by atoms with Gasteiger partial charge in [0.15, 0.2) is 0 Å². The van der Waals surface area contributed by atoms with Gasteiger partial charge in [-0.25, -0.2) is 12.4 Å². The molecular weight excluding hydrogens is 430 g/mol. The quantitative estimate of drug-likeness (QED) is 0.396. The number of fused-ring (bicyclic) bond motifs is 2. The second-order valence-corrected chi connectivity index (χ2v) is 10.7. The van der Waals surface area contributed by atoms with Crippen LogP contribution in [0.15, 0.2) is 79.4 Å². The van der Waals surface area contributed by atoms with Gasteiger partial charge in [0.05, 0.1) is 17.0 Å². The molecule has 5 rings (SSSR count). The number of nitrogens with zero attached hydrogens (tertiary/aromatic N) is 3. The predicted octanol–water partition coefficient (Wildman–Crippen LogP) is 4.57. The van der Waals surface area contributed by atoms with Crippen LogP contribution in [-0.4, -0.2) is 61.2 Å². The lowest BCUT2D eigenvalue weighted by Gasteiger charge is -2.32. The summed E-state index contributed by atoms with van der Waals surface area (Å²) in [6, 6.07) is 22.2. The van der Waals surface area contributed by atoms with Crippen molar-refractivity contribution in [3.8, 4) is 11.3 Å². The number of rotatable bonds is 6. The van der Waals surface area contributed by atoms with Crippen molar-refractivity contribution >= 4 is 31.7 Å². The van der Waals surface area contributed by atoms with E-state index in [0.717, 1.165) is 65.5 Å². The highest BCUT2D eigenvalue weighted by molar-refractivity contribution is 7.90. The molecule has 1 saturated heterocycles. The van der Waals surface area contributed by atoms with Crippen LogP contribution in [0.3, 0.4) is 0 Å². The van der Waals surface area contributed by atoms with Crippen LogP contribution in [0.1, 0.15) is 5.56 Å². The van der Waals surface area contributed by atoms with Crippen LogP contribution in [0.25, 0.3) is 32.9 Å². The minimum absolute atomic E-state index is 0.114. The van der Waals surface area contributed by atoms with Crippen molar-refractivity contribution in [3.05, 3.63) is 84.9 Å². The number of benzene rings is 3. The van der Waals surface area contributed by atoms with Crippen molar-refractivity contribution in [2.75, 3.05) is 39.0 Å². The average Bonchev–Trinajstić information content (AvgIpc) is 3.21. The van der Waals surface area contributed by atoms with E-state index >= 15 is 0 Å². The summed E-state index contributed by atoms with van der Waals surface area (Å²) in [5.74, 6) is -0.114. The Morgan fingerprint density at radius 1 is 0.909 bits per heavy atom. The lowest BCUT2D eigenvalue weighted by molar-refractivity contribution is 0.148. The molecule has 33 heavy (non-hydrogen) atoms. The number of aromatic nitrogens is 1. The standard InChI is InChI=1S/C27H29N3O2S/c1-3-18-33(31,32)30-26-13-7-10-22(20-29-16-14-28(2)15-17-29)25(26)19-27(30)24-12-6-9-21-8-4-5-11-23(21)24/h3-13,19H,1,14-18,20H2,2H3. The molecule has 0 saturated carbocycles. The first-order chi connectivity index (χ1) is 16.0. The first-order valence-electron chi connectivity index (χ1n) is 11.3. The van der Waals surface area contributed by atoms with E-state index in [1.807, 2.05) is 36.4 Å². The number of piperazine rings is 1. The molecule has 0 bridgehead atoms. The molecule has 0 radical (unpaired) electrons. The second-order valence-electron chi connectivity index (χ2n) is 8.82. The van der Waals surface area contributed by atoms with E-state index in [4.69, 9.17) is 0 Å². The van der Waals surface area contributed by atoms with E-state index < -0.39 is 10.0 Å². The molecule has 0 atom stereocenters. The van der Waals surface area contributed by atoms with Gasteiger partial charge in [-0.15, -0.1) is 6.58 Å². The minimum atomic E-state index is -3.62. The smallest absolute Gasteiger partial charge is 0.243 e. The fraction of sp³-hybridized carbons (Fsp3) is 0.259. The van der Waals surface area contributed by atoms with Crippen LogP contribution in [-0.2, 0) is 16.6 Å². The molecule has 1 fully saturated rings. The van der Waals surface area contributed by atoms with Gasteiger partial charge >= 0.3 is 0 Å². The van der Waals surface area contributed by atoms with E-state index in [0.29, 0.717) is 5.69 Å². The lowest BCUT2D eigenvalue weighted by Crippen LogP contribution is -2.43. The van der Waals surface area contributed by atoms with Gasteiger partial charge in [0.2, 0.25) is 10.0 Å². The third-order valence-corrected chi connectivity index (χ3v) is 8.16. The van der Waals surface area contributed by atoms with Crippen LogP contribution in [0, 0.1) is 0 Å². The van der Waals surface area contributed by atoms with Crippen molar-refractivity contribution in [1.29, 1.82) is 0 Å². The van der Waals surface area contributed by atoms with Crippen molar-refractivity contribution < 1.29 is 8.42 Å². The number of hydrogen-bond acceptors (Lipinski definition) is 4. The zero-order valence-corrected chi connectivity index (χ0v) is 19.8. The normalized spacial score (nSPS) is 15.9. The molecule has 1 aliphatic rings. The third kappa shape index (κ3) is 4.10. The van der Waals surface area contributed by atoms with Crippen LogP contribution in [0.4, 0.5) is 0 Å². The highest BCUT2D eigenvalue weighted by Gasteiger charge is 2.24. The Morgan fingerprint density at radius 3 is 2.42 bits per heavy atom. The first-order valence-corrected chi connectivity index (χ1v) is 13.0. The number of likely N-dealkylation sites (N-methyl/N-ethyl adjacent to an activating group) is 1. The van der Waals surface area contributed by atoms with Crippen LogP contribution in [0.2, 0.25) is 0 Å². The van der Waals surface area contributed by atoms with Crippen LogP contribution in [0.5, 0.6) is 0 Å². The molecule has 0 aliphatic carbocycles. The Bertz CT molecular complexity index is 1430. The molecule has 1 aliphatic heterocycles. The summed E-state index contributed by atoms with van der Waals surface area (Å²) in [6.45, 7) is 8.62. The molecule has 0 spiro atoms. The monoisotopic (exact) mass is 459 g/mol. The molecule has 170 valence electrons. The molecule has 0 N–H and O–H groups in total. The van der Waals surface area contributed by atoms with Gasteiger partial charge < -0.3 is 4.90 Å². The highest BCUT2D eigenvalue weighted by Crippen LogP contribution is 2.36. The maximum atomic E-state index is 13.5. The average molecular weight is 460 g/mol. The van der Waals surface area contributed by atoms with E-state index in [2.05, 4.69) is 53.8 Å². The molecule has 6 heteroatoms. The van der Waals surface area contributed by atoms with E-state index in [9.17, 15) is 8.42 Å². The molecule has 0 unspecified atom stereocenters. The zero-order chi connectivity index (χ0) is 23.0. The molecule has 1 aromatic heterocycles. The molecule has 4 aromatic rings. The topological polar surface area (TPSA) is 45.6 Å². The summed E-state index contributed by atoms with van der Waals surface area (Å²) >= 11 is 0. The van der Waals surface area contributed by atoms with Crippen molar-refractivity contribution in [1.82, 2.24) is 13.8 Å². The van der Waals surface area contributed by atoms with Crippen LogP contribution < -0.4 is 0 Å². The summed E-state index contributed by atoms with van der Waals surface area (Å²) in [4.78, 5) is 4.79. The Hall–Kier alpha value is -2.93. The Kier molecular flexibility index (Phi) is 5.83. The predicted molar refractivity (Wildman–Crippen MR) is 137 cm³/mol. The van der Waals surface area contributed by atoms with E-state index in [-0.39, 0.29) is 5.75 Å². The van der Waals surface area contributed by atoms with Gasteiger partial charge in [-0.1, -0.05) is 60.7 Å². The first kappa shape index (κ1) is 21.9. The fourth-order valence-corrected chi connectivity index (χ4v) is 6.17. The third-order valence-electron chi connectivity index (χ3n) is 6.55. The summed E-state index contributed by atoms with van der Waals surface area (Å²) < 4.78 is 28.4. The van der Waals surface area contributed by atoms with Gasteiger partial charge in [-0.05, 0) is 35.5 Å². The maximum absolute atomic E-state index is 13.5. The molecule has 3 aromatic carbocycles. The van der Waals surface area contributed by atoms with Crippen LogP contribution >= 0.6 is 0 Å². The largest absolute Gasteiger partial charge is 0.304 e. The maximum Gasteiger partial charge on any atom is 0.243 e. The van der Waals surface area contributed by atoms with Gasteiger partial charge in [0, 0.05) is 43.7 Å². The molecule has 5 nitrogen and oxygen atoms in total. The molecular formula is C27H29N3O2S. The van der Waals surface area contributed by atoms with Gasteiger partial charge in [0.25, 0.3) is 0 Å². The second kappa shape index (κ2) is 8.78. The summed E-state index contributed by atoms with van der Waals surface area (Å²) in [6.07, 6.45) is 1.46. The summed E-state index contributed by atoms with van der Waals surface area (Å²) in [5, 5.41) is 3.12. The Morgan fingerprint density at radius 2 is 1.64 bits per heavy atom. The van der Waals surface area contributed by atoms with Gasteiger partial charge in [-0.3, -0.25) is 4.90 Å². The van der Waals surface area contributed by atoms with E-state index in [1.54, 1.807) is 0 Å². The SMILES string of the molecule is C=CCS(=O)(=O)n1c(-c2cccc3ccccc23)cc2c(CN3CCN(C)CC3)cccc21. The van der Waals surface area contributed by atoms with Crippen molar-refractivity contribution in [2.24, 2.45) is 0 Å².